The predicted octanol–water partition coefficient (Wildman–Crippen LogP) is 0.986. The monoisotopic (exact) mass is 224 g/mol. The molecule has 0 radical (unpaired) electrons. The van der Waals surface area contributed by atoms with Gasteiger partial charge in [-0.15, -0.1) is 0 Å². The van der Waals surface area contributed by atoms with Crippen LogP contribution in [-0.2, 0) is 10.2 Å². The Morgan fingerprint density at radius 3 is 2.94 bits per heavy atom. The van der Waals surface area contributed by atoms with Gasteiger partial charge in [-0.1, -0.05) is 12.1 Å². The highest BCUT2D eigenvalue weighted by atomic mass is 16.5. The fourth-order valence-corrected chi connectivity index (χ4v) is 2.00. The van der Waals surface area contributed by atoms with Crippen LogP contribution in [0.2, 0.25) is 0 Å². The topological polar surface area (TPSA) is 68.4 Å². The largest absolute Gasteiger partial charge is 0.392 e. The van der Waals surface area contributed by atoms with Gasteiger partial charge in [0, 0.05) is 12.0 Å². The molecule has 2 atom stereocenters. The summed E-state index contributed by atoms with van der Waals surface area (Å²) in [6, 6.07) is 0. The minimum absolute atomic E-state index is 0.113. The van der Waals surface area contributed by atoms with E-state index >= 15 is 0 Å². The molecule has 5 nitrogen and oxygen atoms in total. The van der Waals surface area contributed by atoms with Crippen LogP contribution in [0.4, 0.5) is 0 Å². The van der Waals surface area contributed by atoms with Gasteiger partial charge in [-0.3, -0.25) is 0 Å². The van der Waals surface area contributed by atoms with Crippen LogP contribution in [0, 0.1) is 0 Å². The van der Waals surface area contributed by atoms with Crippen LogP contribution in [-0.4, -0.2) is 34.6 Å². The molecule has 0 aromatic carbocycles. The van der Waals surface area contributed by atoms with Crippen LogP contribution in [0.15, 0.2) is 4.52 Å². The van der Waals surface area contributed by atoms with E-state index in [4.69, 9.17) is 9.26 Å². The van der Waals surface area contributed by atoms with Crippen molar-refractivity contribution in [2.24, 2.45) is 0 Å². The molecule has 1 aromatic rings. The molecular weight excluding hydrogens is 208 g/mol. The highest BCUT2D eigenvalue weighted by molar-refractivity contribution is 5.15. The van der Waals surface area contributed by atoms with E-state index in [-0.39, 0.29) is 11.3 Å². The minimum Gasteiger partial charge on any atom is -0.392 e. The fraction of sp³-hybridized carbons (Fsp3) is 0.818. The number of aromatic nitrogens is 2. The molecule has 0 amide bonds. The summed E-state index contributed by atoms with van der Waals surface area (Å²) in [5, 5.41) is 13.8. The molecule has 1 aliphatic carbocycles. The molecule has 2 aliphatic rings. The second kappa shape index (κ2) is 3.53. The van der Waals surface area contributed by atoms with Crippen LogP contribution < -0.4 is 0 Å². The Labute approximate surface area is 93.8 Å². The van der Waals surface area contributed by atoms with Gasteiger partial charge in [0.25, 0.3) is 0 Å². The second-order valence-electron chi connectivity index (χ2n) is 5.05. The van der Waals surface area contributed by atoms with Gasteiger partial charge < -0.3 is 14.4 Å². The zero-order valence-electron chi connectivity index (χ0n) is 9.35. The minimum atomic E-state index is -0.422. The molecule has 2 fully saturated rings. The number of aliphatic hydroxyl groups is 1. The summed E-state index contributed by atoms with van der Waals surface area (Å²) in [5.41, 5.74) is 0.113. The number of hydrogen-bond donors (Lipinski definition) is 1. The molecule has 5 heteroatoms. The fourth-order valence-electron chi connectivity index (χ4n) is 2.00. The molecule has 0 bridgehead atoms. The lowest BCUT2D eigenvalue weighted by Crippen LogP contribution is -2.30. The van der Waals surface area contributed by atoms with Gasteiger partial charge in [-0.05, 0) is 19.3 Å². The van der Waals surface area contributed by atoms with Crippen molar-refractivity contribution < 1.29 is 14.4 Å². The van der Waals surface area contributed by atoms with Crippen molar-refractivity contribution in [2.75, 3.05) is 13.2 Å². The Hall–Kier alpha value is -0.940. The molecule has 3 rings (SSSR count). The van der Waals surface area contributed by atoms with Gasteiger partial charge in [0.2, 0.25) is 5.89 Å². The first-order valence-electron chi connectivity index (χ1n) is 5.79. The van der Waals surface area contributed by atoms with Crippen LogP contribution in [0.3, 0.4) is 0 Å². The normalized spacial score (nSPS) is 32.6. The quantitative estimate of drug-likeness (QED) is 0.811. The molecule has 1 aromatic heterocycles. The number of rotatable bonds is 2. The zero-order valence-corrected chi connectivity index (χ0v) is 9.35. The standard InChI is InChI=1S/C11H16N2O3/c1-11(3-4-11)10-12-9(16-13-10)7-6-15-5-2-8(7)14/h7-8,14H,2-6H2,1H3. The van der Waals surface area contributed by atoms with Crippen molar-refractivity contribution in [2.45, 2.75) is 43.6 Å². The molecule has 2 unspecified atom stereocenters. The van der Waals surface area contributed by atoms with Crippen LogP contribution in [0.5, 0.6) is 0 Å². The summed E-state index contributed by atoms with van der Waals surface area (Å²) >= 11 is 0. The first-order chi connectivity index (χ1) is 7.69. The summed E-state index contributed by atoms with van der Waals surface area (Å²) in [7, 11) is 0. The van der Waals surface area contributed by atoms with E-state index in [0.717, 1.165) is 18.7 Å². The zero-order chi connectivity index (χ0) is 11.2. The number of hydrogen-bond acceptors (Lipinski definition) is 5. The highest BCUT2D eigenvalue weighted by Crippen LogP contribution is 2.46. The lowest BCUT2D eigenvalue weighted by Gasteiger charge is -2.24. The van der Waals surface area contributed by atoms with Gasteiger partial charge >= 0.3 is 0 Å². The van der Waals surface area contributed by atoms with Gasteiger partial charge in [0.1, 0.15) is 0 Å². The molecule has 16 heavy (non-hydrogen) atoms. The van der Waals surface area contributed by atoms with Gasteiger partial charge in [-0.25, -0.2) is 0 Å². The van der Waals surface area contributed by atoms with E-state index < -0.39 is 6.10 Å². The molecule has 1 saturated heterocycles. The summed E-state index contributed by atoms with van der Waals surface area (Å²) in [5.74, 6) is 1.15. The maximum atomic E-state index is 9.84. The SMILES string of the molecule is CC1(c2noc(C3COCCC3O)n2)CC1. The Balaban J connectivity index is 1.80. The van der Waals surface area contributed by atoms with Crippen molar-refractivity contribution in [3.63, 3.8) is 0 Å². The summed E-state index contributed by atoms with van der Waals surface area (Å²) in [4.78, 5) is 4.40. The van der Waals surface area contributed by atoms with Gasteiger partial charge in [0.05, 0.1) is 18.6 Å². The van der Waals surface area contributed by atoms with Crippen molar-refractivity contribution in [3.8, 4) is 0 Å². The van der Waals surface area contributed by atoms with Crippen molar-refractivity contribution in [3.05, 3.63) is 11.7 Å². The van der Waals surface area contributed by atoms with Gasteiger partial charge in [0.15, 0.2) is 5.82 Å². The van der Waals surface area contributed by atoms with E-state index in [1.54, 1.807) is 0 Å². The van der Waals surface area contributed by atoms with Crippen LogP contribution >= 0.6 is 0 Å². The van der Waals surface area contributed by atoms with E-state index in [2.05, 4.69) is 17.1 Å². The maximum Gasteiger partial charge on any atom is 0.234 e. The predicted molar refractivity (Wildman–Crippen MR) is 55.1 cm³/mol. The highest BCUT2D eigenvalue weighted by Gasteiger charge is 2.44. The lowest BCUT2D eigenvalue weighted by atomic mass is 9.99. The van der Waals surface area contributed by atoms with Crippen molar-refractivity contribution >= 4 is 0 Å². The molecule has 1 N–H and O–H groups in total. The molecular formula is C11H16N2O3. The average molecular weight is 224 g/mol. The van der Waals surface area contributed by atoms with Crippen molar-refractivity contribution in [1.29, 1.82) is 0 Å². The van der Waals surface area contributed by atoms with Crippen LogP contribution in [0.1, 0.15) is 43.8 Å². The maximum absolute atomic E-state index is 9.84. The summed E-state index contributed by atoms with van der Waals surface area (Å²) < 4.78 is 10.6. The molecule has 1 aliphatic heterocycles. The Bertz CT molecular complexity index is 386. The lowest BCUT2D eigenvalue weighted by molar-refractivity contribution is -0.0149. The Morgan fingerprint density at radius 2 is 2.25 bits per heavy atom. The third kappa shape index (κ3) is 1.64. The third-order valence-corrected chi connectivity index (χ3v) is 3.62. The first-order valence-corrected chi connectivity index (χ1v) is 5.79. The number of ether oxygens (including phenoxy) is 1. The Morgan fingerprint density at radius 1 is 1.44 bits per heavy atom. The Kier molecular flexibility index (Phi) is 2.26. The molecule has 0 spiro atoms. The average Bonchev–Trinajstić information content (AvgIpc) is 2.84. The van der Waals surface area contributed by atoms with Gasteiger partial charge in [-0.2, -0.15) is 4.98 Å². The molecule has 88 valence electrons. The first kappa shape index (κ1) is 10.2. The second-order valence-corrected chi connectivity index (χ2v) is 5.05. The number of nitrogens with zero attached hydrogens (tertiary/aromatic N) is 2. The van der Waals surface area contributed by atoms with E-state index in [1.807, 2.05) is 0 Å². The summed E-state index contributed by atoms with van der Waals surface area (Å²) in [6.07, 6.45) is 2.46. The summed E-state index contributed by atoms with van der Waals surface area (Å²) in [6.45, 7) is 3.21. The van der Waals surface area contributed by atoms with E-state index in [1.165, 1.54) is 0 Å². The van der Waals surface area contributed by atoms with Crippen molar-refractivity contribution in [1.82, 2.24) is 10.1 Å². The molecule has 2 heterocycles. The third-order valence-electron chi connectivity index (χ3n) is 3.62. The van der Waals surface area contributed by atoms with Crippen LogP contribution in [0.25, 0.3) is 0 Å². The number of aliphatic hydroxyl groups excluding tert-OH is 1. The van der Waals surface area contributed by atoms with E-state index in [9.17, 15) is 5.11 Å². The molecule has 1 saturated carbocycles. The smallest absolute Gasteiger partial charge is 0.234 e. The van der Waals surface area contributed by atoms with E-state index in [0.29, 0.717) is 25.5 Å².